The van der Waals surface area contributed by atoms with E-state index in [4.69, 9.17) is 0 Å². The van der Waals surface area contributed by atoms with Crippen molar-refractivity contribution in [3.05, 3.63) is 30.6 Å². The molecule has 1 aromatic rings. The molecule has 0 aliphatic carbocycles. The topological polar surface area (TPSA) is 100 Å². The lowest BCUT2D eigenvalue weighted by Gasteiger charge is -2.02. The molecule has 1 heterocycles. The summed E-state index contributed by atoms with van der Waals surface area (Å²) >= 11 is 0. The Hall–Kier alpha value is -0.970. The molecule has 0 saturated heterocycles. The van der Waals surface area contributed by atoms with Gasteiger partial charge < -0.3 is 17.1 Å². The van der Waals surface area contributed by atoms with Crippen LogP contribution in [0.15, 0.2) is 30.6 Å². The molecule has 1 rings (SSSR count). The highest BCUT2D eigenvalue weighted by Gasteiger charge is 1.98. The normalized spacial score (nSPS) is 9.64. The molecule has 0 saturated carbocycles. The first kappa shape index (κ1) is 28.8. The fraction of sp³-hybridized carbons (Fsp3) is 0.762. The summed E-state index contributed by atoms with van der Waals surface area (Å²) in [6, 6.07) is 6.31. The lowest BCUT2D eigenvalue weighted by atomic mass is 10.0. The van der Waals surface area contributed by atoms with E-state index in [1.165, 1.54) is 96.4 Å². The van der Waals surface area contributed by atoms with Gasteiger partial charge in [0.1, 0.15) is 6.54 Å². The van der Waals surface area contributed by atoms with Crippen LogP contribution in [0.2, 0.25) is 0 Å². The minimum absolute atomic E-state index is 0. The number of pyridine rings is 1. The quantitative estimate of drug-likeness (QED) is 0.287. The Bertz CT molecular complexity index is 334. The third-order valence-corrected chi connectivity index (χ3v) is 4.55. The Labute approximate surface area is 156 Å². The van der Waals surface area contributed by atoms with E-state index in [9.17, 15) is 0 Å². The van der Waals surface area contributed by atoms with Crippen molar-refractivity contribution in [3.8, 4) is 0 Å². The zero-order valence-corrected chi connectivity index (χ0v) is 16.8. The highest BCUT2D eigenvalue weighted by atomic mass is 16.0. The molecule has 25 heavy (non-hydrogen) atoms. The van der Waals surface area contributed by atoms with Crippen LogP contribution in [0, 0.1) is 0 Å². The van der Waals surface area contributed by atoms with E-state index in [2.05, 4.69) is 42.1 Å². The SMILES string of the molecule is CCCCCCCCCCCCCCCC[n+]1ccccc1.[NH4+].[OH-].[OH-]. The van der Waals surface area contributed by atoms with Crippen molar-refractivity contribution in [2.45, 2.75) is 103 Å². The molecule has 0 aromatic carbocycles. The highest BCUT2D eigenvalue weighted by molar-refractivity contribution is 4.83. The molecule has 150 valence electrons. The van der Waals surface area contributed by atoms with Crippen LogP contribution >= 0.6 is 0 Å². The molecule has 4 heteroatoms. The average molecular weight is 357 g/mol. The minimum atomic E-state index is 0. The van der Waals surface area contributed by atoms with E-state index in [-0.39, 0.29) is 17.1 Å². The van der Waals surface area contributed by atoms with E-state index in [0.29, 0.717) is 0 Å². The van der Waals surface area contributed by atoms with Gasteiger partial charge in [0.15, 0.2) is 12.4 Å². The molecule has 0 spiro atoms. The Kier molecular flexibility index (Phi) is 26.5. The number of quaternary nitrogens is 1. The number of aryl methyl sites for hydroxylation is 1. The van der Waals surface area contributed by atoms with Crippen molar-refractivity contribution < 1.29 is 15.5 Å². The highest BCUT2D eigenvalue weighted by Crippen LogP contribution is 2.12. The van der Waals surface area contributed by atoms with Gasteiger partial charge in [0.2, 0.25) is 0 Å². The maximum absolute atomic E-state index is 2.29. The standard InChI is InChI=1S/C21H38N.H3N.2H2O/c1-2-3-4-5-6-7-8-9-10-11-12-13-14-16-19-22-20-17-15-18-21-22;;;/h15,17-18,20-21H,2-14,16,19H2,1H3;1H3;2*1H2/q+1;;;/p-1. The molecular weight excluding hydrogens is 312 g/mol. The van der Waals surface area contributed by atoms with Crippen LogP contribution in [-0.4, -0.2) is 11.0 Å². The third-order valence-electron chi connectivity index (χ3n) is 4.55. The first-order valence-corrected chi connectivity index (χ1v) is 9.87. The van der Waals surface area contributed by atoms with Crippen LogP contribution in [0.4, 0.5) is 0 Å². The van der Waals surface area contributed by atoms with Gasteiger partial charge in [0, 0.05) is 18.6 Å². The van der Waals surface area contributed by atoms with Gasteiger partial charge in [-0.3, -0.25) is 0 Å². The van der Waals surface area contributed by atoms with Gasteiger partial charge in [-0.15, -0.1) is 0 Å². The Morgan fingerprint density at radius 2 is 0.880 bits per heavy atom. The Morgan fingerprint density at radius 3 is 1.28 bits per heavy atom. The van der Waals surface area contributed by atoms with Crippen molar-refractivity contribution in [3.63, 3.8) is 0 Å². The second-order valence-electron chi connectivity index (χ2n) is 6.71. The molecule has 6 N–H and O–H groups in total. The Morgan fingerprint density at radius 1 is 0.520 bits per heavy atom. The summed E-state index contributed by atoms with van der Waals surface area (Å²) in [7, 11) is 0. The average Bonchev–Trinajstić information content (AvgIpc) is 2.56. The molecule has 0 fully saturated rings. The van der Waals surface area contributed by atoms with E-state index in [0.717, 1.165) is 0 Å². The lowest BCUT2D eigenvalue weighted by Crippen LogP contribution is -2.32. The van der Waals surface area contributed by atoms with Gasteiger partial charge in [-0.1, -0.05) is 90.0 Å². The second kappa shape index (κ2) is 23.0. The van der Waals surface area contributed by atoms with Crippen LogP contribution < -0.4 is 10.7 Å². The fourth-order valence-corrected chi connectivity index (χ4v) is 3.07. The van der Waals surface area contributed by atoms with Gasteiger partial charge in [-0.05, 0) is 6.42 Å². The summed E-state index contributed by atoms with van der Waals surface area (Å²) in [5, 5.41) is 0. The summed E-state index contributed by atoms with van der Waals surface area (Å²) in [6.45, 7) is 3.47. The minimum Gasteiger partial charge on any atom is -0.870 e. The monoisotopic (exact) mass is 356 g/mol. The number of nitrogens with zero attached hydrogens (tertiary/aromatic N) is 1. The molecule has 0 bridgehead atoms. The van der Waals surface area contributed by atoms with Crippen molar-refractivity contribution in [2.75, 3.05) is 0 Å². The molecule has 0 atom stereocenters. The summed E-state index contributed by atoms with van der Waals surface area (Å²) in [4.78, 5) is 0. The largest absolute Gasteiger partial charge is 0.870 e. The number of aromatic nitrogens is 1. The predicted octanol–water partition coefficient (Wildman–Crippen LogP) is 6.48. The number of hydrogen-bond donors (Lipinski definition) is 1. The smallest absolute Gasteiger partial charge is 0.168 e. The summed E-state index contributed by atoms with van der Waals surface area (Å²) < 4.78 is 2.29. The second-order valence-corrected chi connectivity index (χ2v) is 6.71. The van der Waals surface area contributed by atoms with Crippen molar-refractivity contribution >= 4 is 0 Å². The summed E-state index contributed by atoms with van der Waals surface area (Å²) in [6.07, 6.45) is 24.4. The van der Waals surface area contributed by atoms with Crippen LogP contribution in [-0.2, 0) is 6.54 Å². The van der Waals surface area contributed by atoms with Gasteiger partial charge in [0.05, 0.1) is 0 Å². The molecule has 0 amide bonds. The van der Waals surface area contributed by atoms with E-state index in [1.807, 2.05) is 0 Å². The van der Waals surface area contributed by atoms with Crippen molar-refractivity contribution in [2.24, 2.45) is 0 Å². The Balaban J connectivity index is -0.00000161. The summed E-state index contributed by atoms with van der Waals surface area (Å²) in [5.41, 5.74) is 0. The molecule has 0 aliphatic heterocycles. The number of unbranched alkanes of at least 4 members (excludes halogenated alkanes) is 13. The summed E-state index contributed by atoms with van der Waals surface area (Å²) in [5.74, 6) is 0. The van der Waals surface area contributed by atoms with Gasteiger partial charge in [0.25, 0.3) is 0 Å². The lowest BCUT2D eigenvalue weighted by molar-refractivity contribution is -0.697. The van der Waals surface area contributed by atoms with Crippen molar-refractivity contribution in [1.29, 1.82) is 0 Å². The maximum Gasteiger partial charge on any atom is 0.168 e. The molecule has 0 aliphatic rings. The third kappa shape index (κ3) is 19.2. The van der Waals surface area contributed by atoms with E-state index >= 15 is 0 Å². The maximum atomic E-state index is 2.29. The van der Waals surface area contributed by atoms with Gasteiger partial charge >= 0.3 is 0 Å². The van der Waals surface area contributed by atoms with Gasteiger partial charge in [-0.2, -0.15) is 0 Å². The number of rotatable bonds is 15. The van der Waals surface area contributed by atoms with Crippen LogP contribution in [0.25, 0.3) is 0 Å². The fourth-order valence-electron chi connectivity index (χ4n) is 3.07. The molecule has 4 nitrogen and oxygen atoms in total. The van der Waals surface area contributed by atoms with Crippen LogP contribution in [0.5, 0.6) is 0 Å². The zero-order valence-electron chi connectivity index (χ0n) is 16.8. The van der Waals surface area contributed by atoms with E-state index in [1.54, 1.807) is 0 Å². The van der Waals surface area contributed by atoms with Crippen LogP contribution in [0.1, 0.15) is 96.8 Å². The van der Waals surface area contributed by atoms with Crippen LogP contribution in [0.3, 0.4) is 0 Å². The van der Waals surface area contributed by atoms with Gasteiger partial charge in [-0.25, -0.2) is 4.57 Å². The molecule has 0 radical (unpaired) electrons. The zero-order chi connectivity index (χ0) is 15.7. The first-order valence-electron chi connectivity index (χ1n) is 9.87. The van der Waals surface area contributed by atoms with Crippen molar-refractivity contribution in [1.82, 2.24) is 6.15 Å². The predicted molar refractivity (Wildman–Crippen MR) is 107 cm³/mol. The molecular formula is C21H44N2O2. The first-order chi connectivity index (χ1) is 10.9. The van der Waals surface area contributed by atoms with E-state index < -0.39 is 0 Å². The molecule has 0 unspecified atom stereocenters. The molecule has 1 aromatic heterocycles. The number of hydrogen-bond acceptors (Lipinski definition) is 2.